The Morgan fingerprint density at radius 3 is 2.07 bits per heavy atom. The summed E-state index contributed by atoms with van der Waals surface area (Å²) in [7, 11) is 1.62. The summed E-state index contributed by atoms with van der Waals surface area (Å²) in [5.74, 6) is 1.43. The molecule has 0 fully saturated rings. The summed E-state index contributed by atoms with van der Waals surface area (Å²) in [6.07, 6.45) is 7.76. The fraction of sp³-hybridized carbons (Fsp3) is 0.342. The molecule has 5 heteroatoms. The van der Waals surface area contributed by atoms with Crippen molar-refractivity contribution in [2.45, 2.75) is 58.8 Å². The molecule has 3 rings (SSSR count). The van der Waals surface area contributed by atoms with E-state index in [2.05, 4.69) is 63.1 Å². The van der Waals surface area contributed by atoms with Crippen LogP contribution in [0.5, 0.6) is 11.5 Å². The lowest BCUT2D eigenvalue weighted by molar-refractivity contribution is -0.130. The Hall–Kier alpha value is -4.09. The van der Waals surface area contributed by atoms with Crippen LogP contribution >= 0.6 is 0 Å². The van der Waals surface area contributed by atoms with Crippen LogP contribution in [0.15, 0.2) is 103 Å². The van der Waals surface area contributed by atoms with Crippen molar-refractivity contribution in [1.29, 1.82) is 0 Å². The highest BCUT2D eigenvalue weighted by Crippen LogP contribution is 2.36. The summed E-state index contributed by atoms with van der Waals surface area (Å²) < 4.78 is 22.2. The number of ether oxygens (including phenoxy) is 4. The molecular weight excluding hydrogens is 536 g/mol. The van der Waals surface area contributed by atoms with Crippen LogP contribution in [0.1, 0.15) is 57.9 Å². The number of esters is 1. The van der Waals surface area contributed by atoms with Gasteiger partial charge in [0.1, 0.15) is 17.3 Å². The van der Waals surface area contributed by atoms with E-state index >= 15 is 0 Å². The van der Waals surface area contributed by atoms with Crippen LogP contribution in [0.3, 0.4) is 0 Å². The molecule has 3 aromatic rings. The van der Waals surface area contributed by atoms with Crippen molar-refractivity contribution in [2.24, 2.45) is 0 Å². The Morgan fingerprint density at radius 1 is 0.744 bits per heavy atom. The van der Waals surface area contributed by atoms with Crippen molar-refractivity contribution < 1.29 is 23.7 Å². The summed E-state index contributed by atoms with van der Waals surface area (Å²) >= 11 is 0. The third kappa shape index (κ3) is 10.9. The number of hydrogen-bond donors (Lipinski definition) is 0. The molecule has 0 unspecified atom stereocenters. The smallest absolute Gasteiger partial charge is 0.338 e. The van der Waals surface area contributed by atoms with Crippen LogP contribution in [-0.4, -0.2) is 32.9 Å². The zero-order valence-corrected chi connectivity index (χ0v) is 26.1. The first-order valence-corrected chi connectivity index (χ1v) is 15.2. The van der Waals surface area contributed by atoms with Crippen molar-refractivity contribution in [3.8, 4) is 33.8 Å². The molecule has 0 heterocycles. The van der Waals surface area contributed by atoms with E-state index in [1.807, 2.05) is 30.3 Å². The third-order valence-electron chi connectivity index (χ3n) is 7.10. The summed E-state index contributed by atoms with van der Waals surface area (Å²) in [6.45, 7) is 16.9. The normalized spacial score (nSPS) is 10.7. The van der Waals surface area contributed by atoms with Gasteiger partial charge in [-0.05, 0) is 84.7 Å². The number of hydrogen-bond acceptors (Lipinski definition) is 5. The average molecular weight is 583 g/mol. The number of carbonyl (C=O) groups is 1. The van der Waals surface area contributed by atoms with Gasteiger partial charge in [0.25, 0.3) is 0 Å². The molecule has 0 bridgehead atoms. The zero-order chi connectivity index (χ0) is 31.0. The number of unbranched alkanes of at least 4 members (excludes halogenated alkanes) is 4. The van der Waals surface area contributed by atoms with Gasteiger partial charge in [-0.15, -0.1) is 0 Å². The van der Waals surface area contributed by atoms with E-state index in [1.165, 1.54) is 31.2 Å². The molecule has 0 aliphatic rings. The van der Waals surface area contributed by atoms with E-state index in [1.54, 1.807) is 14.0 Å². The molecule has 0 amide bonds. The zero-order valence-electron chi connectivity index (χ0n) is 26.1. The first-order valence-electron chi connectivity index (χ1n) is 15.2. The molecule has 0 aliphatic carbocycles. The predicted octanol–water partition coefficient (Wildman–Crippen LogP) is 9.52. The maximum absolute atomic E-state index is 12.2. The van der Waals surface area contributed by atoms with E-state index in [0.29, 0.717) is 36.9 Å². The van der Waals surface area contributed by atoms with E-state index < -0.39 is 5.97 Å². The molecule has 0 saturated carbocycles. The van der Waals surface area contributed by atoms with Crippen molar-refractivity contribution in [2.75, 3.05) is 26.9 Å². The molecule has 0 radical (unpaired) electrons. The molecule has 0 N–H and O–H groups in total. The number of carbonyl (C=O) groups excluding carboxylic acids is 1. The van der Waals surface area contributed by atoms with Gasteiger partial charge in [-0.3, -0.25) is 0 Å². The molecular formula is C38H46O5. The molecule has 0 aliphatic heterocycles. The summed E-state index contributed by atoms with van der Waals surface area (Å²) in [5.41, 5.74) is 6.60. The summed E-state index contributed by atoms with van der Waals surface area (Å²) in [4.78, 5) is 12.2. The predicted molar refractivity (Wildman–Crippen MR) is 176 cm³/mol. The minimum Gasteiger partial charge on any atom is -0.494 e. The van der Waals surface area contributed by atoms with Crippen LogP contribution in [0.2, 0.25) is 0 Å². The van der Waals surface area contributed by atoms with Crippen molar-refractivity contribution in [3.63, 3.8) is 0 Å². The molecule has 0 saturated heterocycles. The highest BCUT2D eigenvalue weighted by atomic mass is 16.5. The standard InChI is InChI=1S/C38H46O5/c1-7-8-9-10-13-31-14-16-33(17-15-31)37-26-35(43-38(39)28(2)3)22-23-36(37)32-18-20-34(21-19-32)42-25-12-11-24-41-30(5)29(4)27-40-6/h14-23,26H,2,4-5,7-13,24-25,27H2,1,3,6H3. The van der Waals surface area contributed by atoms with Crippen LogP contribution < -0.4 is 9.47 Å². The van der Waals surface area contributed by atoms with Crippen LogP contribution in [0.25, 0.3) is 22.3 Å². The van der Waals surface area contributed by atoms with Crippen LogP contribution in [0.4, 0.5) is 0 Å². The van der Waals surface area contributed by atoms with Crippen molar-refractivity contribution >= 4 is 5.97 Å². The highest BCUT2D eigenvalue weighted by Gasteiger charge is 2.13. The Bertz CT molecular complexity index is 1350. The fourth-order valence-corrected chi connectivity index (χ4v) is 4.56. The Labute approximate surface area is 257 Å². The Balaban J connectivity index is 1.67. The topological polar surface area (TPSA) is 54.0 Å². The second-order valence-corrected chi connectivity index (χ2v) is 10.8. The molecule has 3 aromatic carbocycles. The van der Waals surface area contributed by atoms with Gasteiger partial charge in [-0.2, -0.15) is 0 Å². The first kappa shape index (κ1) is 33.4. The second kappa shape index (κ2) is 17.8. The van der Waals surface area contributed by atoms with Crippen molar-refractivity contribution in [1.82, 2.24) is 0 Å². The monoisotopic (exact) mass is 582 g/mol. The van der Waals surface area contributed by atoms with E-state index in [-0.39, 0.29) is 0 Å². The number of benzene rings is 3. The molecule has 5 nitrogen and oxygen atoms in total. The molecule has 0 spiro atoms. The summed E-state index contributed by atoms with van der Waals surface area (Å²) in [5, 5.41) is 0. The minimum absolute atomic E-state index is 0.361. The van der Waals surface area contributed by atoms with Gasteiger partial charge in [0.15, 0.2) is 0 Å². The van der Waals surface area contributed by atoms with Gasteiger partial charge < -0.3 is 18.9 Å². The maximum Gasteiger partial charge on any atom is 0.338 e. The average Bonchev–Trinajstić information content (AvgIpc) is 3.01. The van der Waals surface area contributed by atoms with E-state index in [9.17, 15) is 4.79 Å². The number of methoxy groups -OCH3 is 1. The third-order valence-corrected chi connectivity index (χ3v) is 7.10. The van der Waals surface area contributed by atoms with Gasteiger partial charge in [0.2, 0.25) is 0 Å². The molecule has 43 heavy (non-hydrogen) atoms. The molecule has 228 valence electrons. The number of aryl methyl sites for hydroxylation is 1. The second-order valence-electron chi connectivity index (χ2n) is 10.8. The van der Waals surface area contributed by atoms with Gasteiger partial charge in [-0.25, -0.2) is 4.79 Å². The summed E-state index contributed by atoms with van der Waals surface area (Å²) in [6, 6.07) is 22.6. The van der Waals surface area contributed by atoms with Gasteiger partial charge in [0, 0.05) is 18.3 Å². The lowest BCUT2D eigenvalue weighted by atomic mass is 9.93. The van der Waals surface area contributed by atoms with Crippen LogP contribution in [0, 0.1) is 0 Å². The Kier molecular flexibility index (Phi) is 13.8. The SMILES string of the molecule is C=C(C)C(=O)Oc1ccc(-c2ccc(OCCCCOC(=C)C(=C)COC)cc2)c(-c2ccc(CCCCCC)cc2)c1. The van der Waals surface area contributed by atoms with E-state index in [0.717, 1.165) is 52.8 Å². The van der Waals surface area contributed by atoms with Gasteiger partial charge in [-0.1, -0.05) is 88.4 Å². The van der Waals surface area contributed by atoms with Gasteiger partial charge >= 0.3 is 5.97 Å². The lowest BCUT2D eigenvalue weighted by Gasteiger charge is -2.14. The maximum atomic E-state index is 12.2. The van der Waals surface area contributed by atoms with E-state index in [4.69, 9.17) is 18.9 Å². The quantitative estimate of drug-likeness (QED) is 0.0352. The Morgan fingerprint density at radius 2 is 1.40 bits per heavy atom. The minimum atomic E-state index is -0.435. The van der Waals surface area contributed by atoms with Crippen molar-refractivity contribution in [3.05, 3.63) is 109 Å². The highest BCUT2D eigenvalue weighted by molar-refractivity contribution is 5.90. The fourth-order valence-electron chi connectivity index (χ4n) is 4.56. The van der Waals surface area contributed by atoms with Crippen LogP contribution in [-0.2, 0) is 20.7 Å². The van der Waals surface area contributed by atoms with Gasteiger partial charge in [0.05, 0.1) is 19.8 Å². The largest absolute Gasteiger partial charge is 0.494 e. The molecule has 0 aromatic heterocycles. The first-order chi connectivity index (χ1) is 20.8. The number of rotatable bonds is 19. The molecule has 0 atom stereocenters. The lowest BCUT2D eigenvalue weighted by Crippen LogP contribution is -2.08.